The summed E-state index contributed by atoms with van der Waals surface area (Å²) in [5.74, 6) is 0. The van der Waals surface area contributed by atoms with Crippen molar-refractivity contribution in [2.75, 3.05) is 0 Å². The van der Waals surface area contributed by atoms with Crippen molar-refractivity contribution >= 4 is 11.3 Å². The smallest absolute Gasteiger partial charge is 0.314 e. The Balaban J connectivity index is 2.85. The summed E-state index contributed by atoms with van der Waals surface area (Å²) in [6, 6.07) is -1.95. The fourth-order valence-corrected chi connectivity index (χ4v) is 1.48. The quantitative estimate of drug-likeness (QED) is 0.746. The third-order valence-electron chi connectivity index (χ3n) is 1.26. The molecule has 0 spiro atoms. The predicted octanol–water partition coefficient (Wildman–Crippen LogP) is 2.01. The maximum absolute atomic E-state index is 12.0. The van der Waals surface area contributed by atoms with Crippen LogP contribution in [0, 0.1) is 6.92 Å². The SMILES string of the molecule is Cc1csc([C@H](N)C(F)(F)F)n1. The van der Waals surface area contributed by atoms with E-state index in [1.54, 1.807) is 12.3 Å². The zero-order chi connectivity index (χ0) is 9.35. The summed E-state index contributed by atoms with van der Waals surface area (Å²) in [4.78, 5) is 3.65. The lowest BCUT2D eigenvalue weighted by atomic mass is 10.3. The maximum Gasteiger partial charge on any atom is 0.410 e. The minimum absolute atomic E-state index is 0.0833. The van der Waals surface area contributed by atoms with Gasteiger partial charge in [-0.05, 0) is 6.92 Å². The van der Waals surface area contributed by atoms with Gasteiger partial charge in [0, 0.05) is 11.1 Å². The monoisotopic (exact) mass is 196 g/mol. The normalized spacial score (nSPS) is 14.8. The molecule has 0 aliphatic rings. The van der Waals surface area contributed by atoms with Gasteiger partial charge >= 0.3 is 6.18 Å². The lowest BCUT2D eigenvalue weighted by Gasteiger charge is -2.11. The summed E-state index contributed by atoms with van der Waals surface area (Å²) < 4.78 is 36.0. The second-order valence-corrected chi connectivity index (χ2v) is 3.24. The Hall–Kier alpha value is -0.620. The zero-order valence-corrected chi connectivity index (χ0v) is 7.04. The van der Waals surface area contributed by atoms with E-state index in [2.05, 4.69) is 4.98 Å². The molecule has 0 bridgehead atoms. The van der Waals surface area contributed by atoms with Gasteiger partial charge in [-0.1, -0.05) is 0 Å². The van der Waals surface area contributed by atoms with Crippen LogP contribution in [0.3, 0.4) is 0 Å². The Bertz CT molecular complexity index is 268. The highest BCUT2D eigenvalue weighted by Gasteiger charge is 2.39. The van der Waals surface area contributed by atoms with E-state index in [4.69, 9.17) is 5.73 Å². The Morgan fingerprint density at radius 3 is 2.50 bits per heavy atom. The maximum atomic E-state index is 12.0. The molecule has 0 aliphatic heterocycles. The lowest BCUT2D eigenvalue weighted by Crippen LogP contribution is -2.28. The number of nitrogens with two attached hydrogens (primary N) is 1. The summed E-state index contributed by atoms with van der Waals surface area (Å²) in [5, 5.41) is 1.46. The zero-order valence-electron chi connectivity index (χ0n) is 6.22. The van der Waals surface area contributed by atoms with Crippen LogP contribution in [0.1, 0.15) is 16.7 Å². The van der Waals surface area contributed by atoms with Gasteiger partial charge in [0.15, 0.2) is 6.04 Å². The van der Waals surface area contributed by atoms with E-state index in [0.29, 0.717) is 5.69 Å². The Morgan fingerprint density at radius 2 is 2.17 bits per heavy atom. The van der Waals surface area contributed by atoms with Crippen molar-refractivity contribution in [2.24, 2.45) is 5.73 Å². The fraction of sp³-hybridized carbons (Fsp3) is 0.500. The van der Waals surface area contributed by atoms with Gasteiger partial charge in [0.25, 0.3) is 0 Å². The van der Waals surface area contributed by atoms with E-state index >= 15 is 0 Å². The van der Waals surface area contributed by atoms with E-state index in [0.717, 1.165) is 11.3 Å². The fourth-order valence-electron chi connectivity index (χ4n) is 0.655. The van der Waals surface area contributed by atoms with Gasteiger partial charge < -0.3 is 5.73 Å². The van der Waals surface area contributed by atoms with Crippen LogP contribution in [0.25, 0.3) is 0 Å². The van der Waals surface area contributed by atoms with Crippen LogP contribution >= 0.6 is 11.3 Å². The molecule has 2 nitrogen and oxygen atoms in total. The molecule has 1 atom stereocenters. The Morgan fingerprint density at radius 1 is 1.58 bits per heavy atom. The van der Waals surface area contributed by atoms with E-state index < -0.39 is 12.2 Å². The summed E-state index contributed by atoms with van der Waals surface area (Å²) in [6.45, 7) is 1.63. The second-order valence-electron chi connectivity index (χ2n) is 2.35. The number of alkyl halides is 3. The van der Waals surface area contributed by atoms with Gasteiger partial charge in [-0.15, -0.1) is 11.3 Å². The molecule has 2 N–H and O–H groups in total. The molecule has 1 rings (SSSR count). The number of nitrogens with zero attached hydrogens (tertiary/aromatic N) is 1. The highest BCUT2D eigenvalue weighted by atomic mass is 32.1. The summed E-state index contributed by atoms with van der Waals surface area (Å²) >= 11 is 0.928. The standard InChI is InChI=1S/C6H7F3N2S/c1-3-2-12-5(11-3)4(10)6(7,8)9/h2,4H,10H2,1H3/t4-/m0/s1. The molecule has 68 valence electrons. The minimum Gasteiger partial charge on any atom is -0.314 e. The number of halogens is 3. The van der Waals surface area contributed by atoms with Crippen molar-refractivity contribution in [3.05, 3.63) is 16.1 Å². The van der Waals surface area contributed by atoms with Crippen molar-refractivity contribution in [1.29, 1.82) is 0 Å². The van der Waals surface area contributed by atoms with E-state index in [-0.39, 0.29) is 5.01 Å². The van der Waals surface area contributed by atoms with Crippen LogP contribution in [-0.2, 0) is 0 Å². The van der Waals surface area contributed by atoms with Gasteiger partial charge in [0.1, 0.15) is 5.01 Å². The van der Waals surface area contributed by atoms with Gasteiger partial charge in [-0.3, -0.25) is 0 Å². The lowest BCUT2D eigenvalue weighted by molar-refractivity contribution is -0.149. The molecule has 0 fully saturated rings. The van der Waals surface area contributed by atoms with Gasteiger partial charge in [0.2, 0.25) is 0 Å². The number of thiazole rings is 1. The number of aromatic nitrogens is 1. The minimum atomic E-state index is -4.40. The number of hydrogen-bond donors (Lipinski definition) is 1. The van der Waals surface area contributed by atoms with Crippen LogP contribution in [0.5, 0.6) is 0 Å². The van der Waals surface area contributed by atoms with Crippen molar-refractivity contribution in [3.63, 3.8) is 0 Å². The predicted molar refractivity (Wildman–Crippen MR) is 39.8 cm³/mol. The summed E-state index contributed by atoms with van der Waals surface area (Å²) in [7, 11) is 0. The van der Waals surface area contributed by atoms with E-state index in [1.165, 1.54) is 0 Å². The molecule has 6 heteroatoms. The topological polar surface area (TPSA) is 38.9 Å². The van der Waals surface area contributed by atoms with Crippen molar-refractivity contribution in [2.45, 2.75) is 19.1 Å². The third kappa shape index (κ3) is 1.95. The number of aryl methyl sites for hydroxylation is 1. The first-order valence-electron chi connectivity index (χ1n) is 3.15. The molecule has 0 amide bonds. The summed E-state index contributed by atoms with van der Waals surface area (Å²) in [6.07, 6.45) is -4.40. The van der Waals surface area contributed by atoms with Gasteiger partial charge in [0.05, 0.1) is 0 Å². The Labute approximate surface area is 71.2 Å². The number of rotatable bonds is 1. The van der Waals surface area contributed by atoms with E-state index in [9.17, 15) is 13.2 Å². The molecule has 1 heterocycles. The van der Waals surface area contributed by atoms with Crippen LogP contribution in [-0.4, -0.2) is 11.2 Å². The third-order valence-corrected chi connectivity index (χ3v) is 2.30. The molecule has 0 aromatic carbocycles. The van der Waals surface area contributed by atoms with Gasteiger partial charge in [-0.2, -0.15) is 13.2 Å². The first kappa shape index (κ1) is 9.47. The molecule has 0 radical (unpaired) electrons. The molecule has 0 saturated heterocycles. The molecule has 1 aromatic heterocycles. The van der Waals surface area contributed by atoms with Crippen molar-refractivity contribution in [1.82, 2.24) is 4.98 Å². The largest absolute Gasteiger partial charge is 0.410 e. The van der Waals surface area contributed by atoms with Crippen LogP contribution < -0.4 is 5.73 Å². The average molecular weight is 196 g/mol. The van der Waals surface area contributed by atoms with Crippen LogP contribution in [0.4, 0.5) is 13.2 Å². The molecule has 1 aromatic rings. The highest BCUT2D eigenvalue weighted by Crippen LogP contribution is 2.31. The second kappa shape index (κ2) is 3.02. The first-order chi connectivity index (χ1) is 5.41. The highest BCUT2D eigenvalue weighted by molar-refractivity contribution is 7.09. The number of hydrogen-bond acceptors (Lipinski definition) is 3. The molecule has 0 unspecified atom stereocenters. The molecule has 0 saturated carbocycles. The molecule has 12 heavy (non-hydrogen) atoms. The van der Waals surface area contributed by atoms with E-state index in [1.807, 2.05) is 0 Å². The van der Waals surface area contributed by atoms with Crippen molar-refractivity contribution < 1.29 is 13.2 Å². The summed E-state index contributed by atoms with van der Waals surface area (Å²) in [5.41, 5.74) is 5.47. The molecule has 0 aliphatic carbocycles. The molecular formula is C6H7F3N2S. The van der Waals surface area contributed by atoms with Crippen LogP contribution in [0.2, 0.25) is 0 Å². The molecular weight excluding hydrogens is 189 g/mol. The van der Waals surface area contributed by atoms with Crippen molar-refractivity contribution in [3.8, 4) is 0 Å². The first-order valence-corrected chi connectivity index (χ1v) is 4.03. The average Bonchev–Trinajstić information content (AvgIpc) is 2.32. The van der Waals surface area contributed by atoms with Gasteiger partial charge in [-0.25, -0.2) is 4.98 Å². The van der Waals surface area contributed by atoms with Crippen LogP contribution in [0.15, 0.2) is 5.38 Å². The Kier molecular flexibility index (Phi) is 2.39.